The smallest absolute Gasteiger partial charge is 0.0207 e. The summed E-state index contributed by atoms with van der Waals surface area (Å²) in [6.07, 6.45) is 1.28. The molecular formula is C12H16BrN. The Hall–Kier alpha value is -0.340. The average Bonchev–Trinajstić information content (AvgIpc) is 2.65. The molecule has 0 bridgehead atoms. The third kappa shape index (κ3) is 1.73. The molecule has 1 aromatic rings. The molecule has 1 unspecified atom stereocenters. The number of benzene rings is 1. The minimum atomic E-state index is 0.715. The Morgan fingerprint density at radius 2 is 2.14 bits per heavy atom. The maximum Gasteiger partial charge on any atom is 0.0207 e. The highest BCUT2D eigenvalue weighted by molar-refractivity contribution is 9.10. The summed E-state index contributed by atoms with van der Waals surface area (Å²) in [7, 11) is 0. The summed E-state index contributed by atoms with van der Waals surface area (Å²) in [5, 5.41) is 3.43. The highest BCUT2D eigenvalue weighted by Gasteiger charge is 2.20. The molecule has 0 saturated carbocycles. The van der Waals surface area contributed by atoms with Gasteiger partial charge in [0.05, 0.1) is 0 Å². The van der Waals surface area contributed by atoms with E-state index in [0.717, 1.165) is 13.1 Å². The zero-order valence-corrected chi connectivity index (χ0v) is 10.3. The second-order valence-electron chi connectivity index (χ2n) is 4.09. The van der Waals surface area contributed by atoms with E-state index in [4.69, 9.17) is 0 Å². The summed E-state index contributed by atoms with van der Waals surface area (Å²) in [5.41, 5.74) is 4.39. The van der Waals surface area contributed by atoms with Crippen LogP contribution in [0, 0.1) is 13.8 Å². The molecule has 76 valence electrons. The molecule has 2 rings (SSSR count). The number of rotatable bonds is 1. The molecule has 0 amide bonds. The van der Waals surface area contributed by atoms with E-state index in [2.05, 4.69) is 47.2 Å². The minimum absolute atomic E-state index is 0.715. The topological polar surface area (TPSA) is 12.0 Å². The van der Waals surface area contributed by atoms with E-state index in [1.54, 1.807) is 5.56 Å². The quantitative estimate of drug-likeness (QED) is 0.811. The molecule has 0 radical (unpaired) electrons. The second-order valence-corrected chi connectivity index (χ2v) is 4.95. The minimum Gasteiger partial charge on any atom is -0.316 e. The van der Waals surface area contributed by atoms with Crippen LogP contribution < -0.4 is 5.32 Å². The monoisotopic (exact) mass is 253 g/mol. The van der Waals surface area contributed by atoms with Gasteiger partial charge in [-0.2, -0.15) is 0 Å². The normalized spacial score (nSPS) is 21.5. The summed E-state index contributed by atoms with van der Waals surface area (Å²) in [6, 6.07) is 4.36. The first-order valence-electron chi connectivity index (χ1n) is 5.16. The van der Waals surface area contributed by atoms with Crippen LogP contribution in [0.2, 0.25) is 0 Å². The Bertz CT molecular complexity index is 340. The molecule has 1 aliphatic rings. The second kappa shape index (κ2) is 4.03. The lowest BCUT2D eigenvalue weighted by Gasteiger charge is -2.16. The van der Waals surface area contributed by atoms with Crippen LogP contribution in [0.3, 0.4) is 0 Å². The fourth-order valence-electron chi connectivity index (χ4n) is 2.37. The summed E-state index contributed by atoms with van der Waals surface area (Å²) < 4.78 is 1.24. The van der Waals surface area contributed by atoms with E-state index in [-0.39, 0.29) is 0 Å². The third-order valence-corrected chi connectivity index (χ3v) is 3.99. The lowest BCUT2D eigenvalue weighted by Crippen LogP contribution is -2.10. The van der Waals surface area contributed by atoms with E-state index in [9.17, 15) is 0 Å². The first-order valence-corrected chi connectivity index (χ1v) is 5.95. The van der Waals surface area contributed by atoms with Crippen LogP contribution >= 0.6 is 15.9 Å². The Morgan fingerprint density at radius 1 is 1.36 bits per heavy atom. The van der Waals surface area contributed by atoms with Gasteiger partial charge in [-0.05, 0) is 55.5 Å². The lowest BCUT2D eigenvalue weighted by atomic mass is 9.90. The highest BCUT2D eigenvalue weighted by atomic mass is 79.9. The van der Waals surface area contributed by atoms with Gasteiger partial charge < -0.3 is 5.32 Å². The molecule has 1 saturated heterocycles. The Kier molecular flexibility index (Phi) is 2.93. The molecule has 0 aliphatic carbocycles. The zero-order chi connectivity index (χ0) is 10.1. The van der Waals surface area contributed by atoms with Crippen LogP contribution in [0.15, 0.2) is 16.6 Å². The van der Waals surface area contributed by atoms with E-state index in [0.29, 0.717) is 5.92 Å². The number of hydrogen-bond donors (Lipinski definition) is 1. The van der Waals surface area contributed by atoms with Crippen molar-refractivity contribution in [3.63, 3.8) is 0 Å². The van der Waals surface area contributed by atoms with Crippen molar-refractivity contribution in [3.05, 3.63) is 33.3 Å². The highest BCUT2D eigenvalue weighted by Crippen LogP contribution is 2.32. The van der Waals surface area contributed by atoms with Gasteiger partial charge in [-0.15, -0.1) is 0 Å². The van der Waals surface area contributed by atoms with Crippen LogP contribution in [0.25, 0.3) is 0 Å². The van der Waals surface area contributed by atoms with E-state index >= 15 is 0 Å². The van der Waals surface area contributed by atoms with Gasteiger partial charge in [0.15, 0.2) is 0 Å². The molecule has 1 heterocycles. The predicted octanol–water partition coefficient (Wildman–Crippen LogP) is 3.14. The molecular weight excluding hydrogens is 238 g/mol. The van der Waals surface area contributed by atoms with Gasteiger partial charge in [-0.3, -0.25) is 0 Å². The van der Waals surface area contributed by atoms with Crippen LogP contribution in [0.1, 0.15) is 29.0 Å². The molecule has 1 fully saturated rings. The molecule has 1 aromatic carbocycles. The van der Waals surface area contributed by atoms with E-state index in [1.807, 2.05) is 0 Å². The van der Waals surface area contributed by atoms with Crippen molar-refractivity contribution < 1.29 is 0 Å². The molecule has 0 spiro atoms. The van der Waals surface area contributed by atoms with Crippen LogP contribution in [0.4, 0.5) is 0 Å². The van der Waals surface area contributed by atoms with Gasteiger partial charge >= 0.3 is 0 Å². The molecule has 1 N–H and O–H groups in total. The van der Waals surface area contributed by atoms with Gasteiger partial charge in [-0.25, -0.2) is 0 Å². The first-order chi connectivity index (χ1) is 6.70. The summed E-state index contributed by atoms with van der Waals surface area (Å²) in [6.45, 7) is 6.73. The summed E-state index contributed by atoms with van der Waals surface area (Å²) >= 11 is 3.61. The Labute approximate surface area is 94.0 Å². The summed E-state index contributed by atoms with van der Waals surface area (Å²) in [4.78, 5) is 0. The maximum atomic E-state index is 3.61. The van der Waals surface area contributed by atoms with E-state index < -0.39 is 0 Å². The lowest BCUT2D eigenvalue weighted by molar-refractivity contribution is 0.750. The Morgan fingerprint density at radius 3 is 2.79 bits per heavy atom. The van der Waals surface area contributed by atoms with Crippen LogP contribution in [-0.2, 0) is 0 Å². The number of aryl methyl sites for hydroxylation is 1. The first kappa shape index (κ1) is 10.2. The number of hydrogen-bond acceptors (Lipinski definition) is 1. The standard InChI is InChI=1S/C12H16BrN/c1-8-3-4-11(13)9(2)12(8)10-5-6-14-7-10/h3-4,10,14H,5-7H2,1-2H3. The third-order valence-electron chi connectivity index (χ3n) is 3.14. The SMILES string of the molecule is Cc1ccc(Br)c(C)c1C1CCNC1. The molecule has 14 heavy (non-hydrogen) atoms. The fraction of sp³-hybridized carbons (Fsp3) is 0.500. The largest absolute Gasteiger partial charge is 0.316 e. The van der Waals surface area contributed by atoms with Crippen LogP contribution in [0.5, 0.6) is 0 Å². The molecule has 1 atom stereocenters. The number of halogens is 1. The maximum absolute atomic E-state index is 3.61. The van der Waals surface area contributed by atoms with Gasteiger partial charge in [0.25, 0.3) is 0 Å². The molecule has 0 aromatic heterocycles. The molecule has 1 aliphatic heterocycles. The van der Waals surface area contributed by atoms with Crippen molar-refractivity contribution in [1.29, 1.82) is 0 Å². The van der Waals surface area contributed by atoms with Gasteiger partial charge in [0.2, 0.25) is 0 Å². The van der Waals surface area contributed by atoms with Gasteiger partial charge in [-0.1, -0.05) is 22.0 Å². The average molecular weight is 254 g/mol. The summed E-state index contributed by atoms with van der Waals surface area (Å²) in [5.74, 6) is 0.715. The van der Waals surface area contributed by atoms with Gasteiger partial charge in [0.1, 0.15) is 0 Å². The van der Waals surface area contributed by atoms with Crippen molar-refractivity contribution in [2.24, 2.45) is 0 Å². The van der Waals surface area contributed by atoms with Crippen molar-refractivity contribution >= 4 is 15.9 Å². The van der Waals surface area contributed by atoms with Crippen LogP contribution in [-0.4, -0.2) is 13.1 Å². The van der Waals surface area contributed by atoms with E-state index in [1.165, 1.54) is 22.0 Å². The van der Waals surface area contributed by atoms with Crippen molar-refractivity contribution in [2.45, 2.75) is 26.2 Å². The van der Waals surface area contributed by atoms with Crippen molar-refractivity contribution in [1.82, 2.24) is 5.32 Å². The van der Waals surface area contributed by atoms with Crippen molar-refractivity contribution in [3.8, 4) is 0 Å². The molecule has 2 heteroatoms. The predicted molar refractivity (Wildman–Crippen MR) is 63.8 cm³/mol. The zero-order valence-electron chi connectivity index (χ0n) is 8.73. The number of nitrogens with one attached hydrogen (secondary N) is 1. The molecule has 1 nitrogen and oxygen atoms in total. The Balaban J connectivity index is 2.44. The fourth-order valence-corrected chi connectivity index (χ4v) is 2.71. The van der Waals surface area contributed by atoms with Crippen molar-refractivity contribution in [2.75, 3.05) is 13.1 Å². The van der Waals surface area contributed by atoms with Gasteiger partial charge in [0, 0.05) is 11.0 Å².